The molecule has 2 aliphatic heterocycles. The number of hydrogen-bond acceptors (Lipinski definition) is 4. The third kappa shape index (κ3) is 3.94. The summed E-state index contributed by atoms with van der Waals surface area (Å²) in [5.74, 6) is 0. The van der Waals surface area contributed by atoms with E-state index in [1.165, 1.54) is 23.0 Å². The summed E-state index contributed by atoms with van der Waals surface area (Å²) in [4.78, 5) is 11.4. The third-order valence-electron chi connectivity index (χ3n) is 3.49. The van der Waals surface area contributed by atoms with Crippen LogP contribution in [0.4, 0.5) is 10.5 Å². The number of amides is 1. The van der Waals surface area contributed by atoms with Gasteiger partial charge in [-0.15, -0.1) is 0 Å². The van der Waals surface area contributed by atoms with Crippen molar-refractivity contribution in [2.24, 2.45) is 5.10 Å². The molecule has 7 radical (unpaired) electrons. The second-order valence-corrected chi connectivity index (χ2v) is 6.97. The molecule has 0 spiro atoms. The molecular formula is C14H17BrMgN3OS+2. The van der Waals surface area contributed by atoms with E-state index in [9.17, 15) is 4.79 Å². The van der Waals surface area contributed by atoms with Crippen molar-refractivity contribution in [3.8, 4) is 0 Å². The summed E-state index contributed by atoms with van der Waals surface area (Å²) in [6.45, 7) is 5.12. The van der Waals surface area contributed by atoms with E-state index in [0.717, 1.165) is 30.7 Å². The van der Waals surface area contributed by atoms with Crippen LogP contribution in [-0.4, -0.2) is 41.8 Å². The Kier molecular flexibility index (Phi) is 5.99. The molecule has 3 rings (SSSR count). The van der Waals surface area contributed by atoms with E-state index in [1.54, 1.807) is 19.5 Å². The van der Waals surface area contributed by atoms with Gasteiger partial charge >= 0.3 is 32.4 Å². The zero-order chi connectivity index (χ0) is 15.5. The fourth-order valence-electron chi connectivity index (χ4n) is 2.57. The number of halogens is 1. The van der Waals surface area contributed by atoms with Crippen LogP contribution in [0.15, 0.2) is 23.3 Å². The number of aryl methyl sites for hydroxylation is 1. The molecule has 1 aromatic rings. The fraction of sp³-hybridized carbons (Fsp3) is 0.429. The highest BCUT2D eigenvalue weighted by Crippen LogP contribution is 2.33. The van der Waals surface area contributed by atoms with Gasteiger partial charge < -0.3 is 5.32 Å². The monoisotopic (exact) mass is 378 g/mol. The van der Waals surface area contributed by atoms with Crippen LogP contribution >= 0.6 is 24.6 Å². The van der Waals surface area contributed by atoms with Gasteiger partial charge in [-0.1, -0.05) is 17.8 Å². The first-order valence-corrected chi connectivity index (χ1v) is 11.5. The quantitative estimate of drug-likeness (QED) is 0.735. The molecule has 1 aromatic carbocycles. The Balaban J connectivity index is 0.000000774. The molecule has 2 N–H and O–H groups in total. The molecule has 0 aliphatic carbocycles. The lowest BCUT2D eigenvalue weighted by molar-refractivity contribution is 0.260. The highest BCUT2D eigenvalue weighted by Gasteiger charge is 2.34. The minimum atomic E-state index is -0.293. The molecule has 21 heavy (non-hydrogen) atoms. The van der Waals surface area contributed by atoms with E-state index in [0.29, 0.717) is 0 Å². The Morgan fingerprint density at radius 2 is 2.14 bits per heavy atom. The number of carbonyl (C=O) groups is 1. The molecule has 0 atom stereocenters. The molecule has 4 nitrogen and oxygen atoms in total. The average Bonchev–Trinajstić information content (AvgIpc) is 2.48. The standard InChI is InChI=1S/C14H17N3OS.BrH.Mg/c1-14(2)12(16-17-13(18)19-14)10-5-6-11-9(8-10)4-3-7-15-11;;/h5-6,8,15H,3-4,7H2,1-2H3,(H,17,18);1H;/q;;+3/p-1. The lowest BCUT2D eigenvalue weighted by Crippen LogP contribution is -2.38. The lowest BCUT2D eigenvalue weighted by atomic mass is 9.94. The predicted molar refractivity (Wildman–Crippen MR) is 94.7 cm³/mol. The van der Waals surface area contributed by atoms with E-state index in [2.05, 4.69) is 46.9 Å². The molecule has 0 unspecified atom stereocenters. The molecule has 0 fully saturated rings. The second kappa shape index (κ2) is 7.35. The van der Waals surface area contributed by atoms with Crippen molar-refractivity contribution in [1.82, 2.24) is 5.43 Å². The molecule has 0 saturated heterocycles. The van der Waals surface area contributed by atoms with E-state index in [-0.39, 0.29) is 9.99 Å². The molecule has 0 bridgehead atoms. The van der Waals surface area contributed by atoms with Gasteiger partial charge in [0, 0.05) is 12.2 Å². The number of benzene rings is 1. The molecule has 0 saturated carbocycles. The van der Waals surface area contributed by atoms with Gasteiger partial charge in [-0.2, -0.15) is 5.10 Å². The van der Waals surface area contributed by atoms with Crippen LogP contribution in [0, 0.1) is 0 Å². The first-order valence-electron chi connectivity index (χ1n) is 6.77. The number of rotatable bonds is 1. The summed E-state index contributed by atoms with van der Waals surface area (Å²) in [5, 5.41) is 7.57. The number of thioether (sulfide) groups is 1. The van der Waals surface area contributed by atoms with Crippen molar-refractivity contribution in [2.45, 2.75) is 31.4 Å². The number of nitrogens with one attached hydrogen (secondary N) is 2. The summed E-state index contributed by atoms with van der Waals surface area (Å²) >= 11 is 5.93. The first-order chi connectivity index (χ1) is 10.1. The average molecular weight is 380 g/mol. The Labute approximate surface area is 148 Å². The molecule has 107 valence electrons. The number of anilines is 1. The lowest BCUT2D eigenvalue weighted by Gasteiger charge is -2.29. The molecular weight excluding hydrogens is 362 g/mol. The summed E-state index contributed by atoms with van der Waals surface area (Å²) in [5.41, 5.74) is 7.16. The smallest absolute Gasteiger partial charge is 0.385 e. The predicted octanol–water partition coefficient (Wildman–Crippen LogP) is 3.45. The zero-order valence-corrected chi connectivity index (χ0v) is 16.0. The van der Waals surface area contributed by atoms with Gasteiger partial charge in [0.2, 0.25) is 0 Å². The van der Waals surface area contributed by atoms with Gasteiger partial charge in [0.05, 0.1) is 10.5 Å². The number of carbonyl (C=O) groups excluding carboxylic acids is 1. The first kappa shape index (κ1) is 17.1. The van der Waals surface area contributed by atoms with E-state index in [1.807, 2.05) is 13.8 Å². The molecule has 2 heterocycles. The van der Waals surface area contributed by atoms with Crippen LogP contribution in [0.25, 0.3) is 0 Å². The minimum Gasteiger partial charge on any atom is -0.385 e. The van der Waals surface area contributed by atoms with Crippen LogP contribution in [0.3, 0.4) is 0 Å². The van der Waals surface area contributed by atoms with Gasteiger partial charge in [-0.3, -0.25) is 4.79 Å². The third-order valence-corrected chi connectivity index (χ3v) is 4.47. The molecule has 2 aliphatic rings. The maximum Gasteiger partial charge on any atom is 1.52 e. The maximum absolute atomic E-state index is 11.4. The summed E-state index contributed by atoms with van der Waals surface area (Å²) < 4.78 is -0.293. The molecule has 0 aromatic heterocycles. The van der Waals surface area contributed by atoms with Crippen LogP contribution in [-0.2, 0) is 6.42 Å². The van der Waals surface area contributed by atoms with Crippen molar-refractivity contribution in [1.29, 1.82) is 0 Å². The maximum atomic E-state index is 11.4. The SMILES string of the molecule is CC1(C)SC(=O)NN=C1c1ccc2c(c1)CCCN2.[Mg+2][Br]. The minimum absolute atomic E-state index is 0.0895. The summed E-state index contributed by atoms with van der Waals surface area (Å²) in [6, 6.07) is 6.39. The van der Waals surface area contributed by atoms with Crippen molar-refractivity contribution in [2.75, 3.05) is 11.9 Å². The Morgan fingerprint density at radius 3 is 2.86 bits per heavy atom. The normalized spacial score (nSPS) is 19.2. The van der Waals surface area contributed by atoms with Gasteiger partial charge in [-0.05, 0) is 49.9 Å². The number of fused-ring (bicyclic) bond motifs is 1. The highest BCUT2D eigenvalue weighted by atomic mass is 79.9. The van der Waals surface area contributed by atoms with Crippen molar-refractivity contribution < 1.29 is 4.79 Å². The Hall–Kier alpha value is -0.244. The fourth-order valence-corrected chi connectivity index (χ4v) is 3.39. The van der Waals surface area contributed by atoms with Gasteiger partial charge in [-0.25, -0.2) is 5.43 Å². The van der Waals surface area contributed by atoms with Gasteiger partial charge in [0.25, 0.3) is 5.24 Å². The van der Waals surface area contributed by atoms with E-state index in [4.69, 9.17) is 0 Å². The zero-order valence-electron chi connectivity index (χ0n) is 12.2. The number of hydrazone groups is 1. The van der Waals surface area contributed by atoms with Crippen LogP contribution in [0.5, 0.6) is 0 Å². The van der Waals surface area contributed by atoms with Crippen LogP contribution < -0.4 is 10.7 Å². The molecule has 1 amide bonds. The van der Waals surface area contributed by atoms with Crippen molar-refractivity contribution >= 4 is 60.8 Å². The van der Waals surface area contributed by atoms with Crippen LogP contribution in [0.1, 0.15) is 31.4 Å². The summed E-state index contributed by atoms with van der Waals surface area (Å²) in [6.07, 6.45) is 2.27. The second-order valence-electron chi connectivity index (χ2n) is 5.37. The largest absolute Gasteiger partial charge is 1.52 e. The number of hydrogen-bond donors (Lipinski definition) is 2. The topological polar surface area (TPSA) is 53.5 Å². The van der Waals surface area contributed by atoms with Crippen LogP contribution in [0.2, 0.25) is 0 Å². The van der Waals surface area contributed by atoms with E-state index >= 15 is 0 Å². The van der Waals surface area contributed by atoms with Crippen molar-refractivity contribution in [3.05, 3.63) is 29.3 Å². The Bertz CT molecular complexity index is 577. The number of nitrogens with zero attached hydrogens (tertiary/aromatic N) is 1. The van der Waals surface area contributed by atoms with Gasteiger partial charge in [0.1, 0.15) is 0 Å². The van der Waals surface area contributed by atoms with Gasteiger partial charge in [0.15, 0.2) is 0 Å². The van der Waals surface area contributed by atoms with Crippen molar-refractivity contribution in [3.63, 3.8) is 0 Å². The Morgan fingerprint density at radius 1 is 1.38 bits per heavy atom. The molecule has 7 heteroatoms. The van der Waals surface area contributed by atoms with E-state index < -0.39 is 0 Å². The highest BCUT2D eigenvalue weighted by molar-refractivity contribution is 9.22. The summed E-state index contributed by atoms with van der Waals surface area (Å²) in [7, 11) is 0.